The number of nitrogens with zero attached hydrogens (tertiary/aromatic N) is 1. The number of hydrogen-bond acceptors (Lipinski definition) is 2. The molecule has 0 aromatic heterocycles. The molecule has 0 aliphatic carbocycles. The maximum Gasteiger partial charge on any atom is 0.0558 e. The van der Waals surface area contributed by atoms with Crippen LogP contribution in [0, 0.1) is 0 Å². The van der Waals surface area contributed by atoms with Crippen molar-refractivity contribution in [3.63, 3.8) is 0 Å². The van der Waals surface area contributed by atoms with Crippen molar-refractivity contribution in [2.45, 2.75) is 0 Å². The summed E-state index contributed by atoms with van der Waals surface area (Å²) in [7, 11) is 5.23. The molecule has 2 unspecified atom stereocenters. The van der Waals surface area contributed by atoms with Crippen molar-refractivity contribution in [3.05, 3.63) is 0 Å². The zero-order valence-electron chi connectivity index (χ0n) is 4.88. The summed E-state index contributed by atoms with van der Waals surface area (Å²) < 4.78 is 0. The highest BCUT2D eigenvalue weighted by molar-refractivity contribution is 7.17. The molecule has 0 bridgehead atoms. The molecule has 0 saturated carbocycles. The number of aliphatic hydroxyl groups is 1. The van der Waals surface area contributed by atoms with E-state index in [4.69, 9.17) is 5.11 Å². The smallest absolute Gasteiger partial charge is 0.0558 e. The van der Waals surface area contributed by atoms with Crippen LogP contribution in [0.15, 0.2) is 0 Å². The van der Waals surface area contributed by atoms with Crippen molar-refractivity contribution in [1.82, 2.24) is 4.90 Å². The summed E-state index contributed by atoms with van der Waals surface area (Å²) in [5, 5.41) is 8.44. The van der Waals surface area contributed by atoms with E-state index in [0.29, 0.717) is 0 Å². The van der Waals surface area contributed by atoms with Crippen LogP contribution in [-0.2, 0) is 0 Å². The van der Waals surface area contributed by atoms with Crippen molar-refractivity contribution in [3.8, 4) is 0 Å². The van der Waals surface area contributed by atoms with Crippen molar-refractivity contribution in [2.24, 2.45) is 0 Å². The van der Waals surface area contributed by atoms with Crippen LogP contribution in [0.2, 0.25) is 0 Å². The third-order valence-electron chi connectivity index (χ3n) is 0.933. The summed E-state index contributed by atoms with van der Waals surface area (Å²) in [6.07, 6.45) is 1.87. The molecule has 8 heavy (non-hydrogen) atoms. The minimum Gasteiger partial charge on any atom is -0.395 e. The van der Waals surface area contributed by atoms with Gasteiger partial charge in [-0.1, -0.05) is 0 Å². The summed E-state index contributed by atoms with van der Waals surface area (Å²) >= 11 is 0. The van der Waals surface area contributed by atoms with Crippen LogP contribution in [-0.4, -0.2) is 35.7 Å². The molecular weight excluding hydrogens is 140 g/mol. The zero-order chi connectivity index (χ0) is 6.41. The number of rotatable bonds is 4. The predicted octanol–water partition coefficient (Wildman–Crippen LogP) is -0.0541. The highest BCUT2D eigenvalue weighted by Gasteiger charge is 1.93. The quantitative estimate of drug-likeness (QED) is 0.572. The van der Waals surface area contributed by atoms with E-state index in [9.17, 15) is 0 Å². The lowest BCUT2D eigenvalue weighted by Crippen LogP contribution is -2.23. The lowest BCUT2D eigenvalue weighted by molar-refractivity contribution is 0.234. The molecule has 0 heterocycles. The molecule has 0 fully saturated rings. The first-order chi connectivity index (χ1) is 3.85. The predicted molar refractivity (Wildman–Crippen MR) is 42.9 cm³/mol. The molecule has 0 saturated heterocycles. The van der Waals surface area contributed by atoms with Crippen LogP contribution >= 0.6 is 18.5 Å². The second kappa shape index (κ2) is 5.91. The molecule has 0 aromatic carbocycles. The zero-order valence-corrected chi connectivity index (χ0v) is 7.19. The van der Waals surface area contributed by atoms with Gasteiger partial charge in [-0.15, -0.1) is 18.5 Å². The Morgan fingerprint density at radius 1 is 1.25 bits per heavy atom. The monoisotopic (exact) mass is 153 g/mol. The van der Waals surface area contributed by atoms with E-state index in [-0.39, 0.29) is 6.61 Å². The fourth-order valence-corrected chi connectivity index (χ4v) is 1.36. The normalized spacial score (nSPS) is 10.5. The summed E-state index contributed by atoms with van der Waals surface area (Å²) in [6.45, 7) is 1.02. The number of hydrogen-bond donors (Lipinski definition) is 1. The second-order valence-corrected chi connectivity index (χ2v) is 2.21. The molecule has 1 N–H and O–H groups in total. The molecule has 0 amide bonds. The SMILES string of the molecule is OCCN(CP)CP. The van der Waals surface area contributed by atoms with Crippen molar-refractivity contribution in [1.29, 1.82) is 0 Å². The van der Waals surface area contributed by atoms with Gasteiger partial charge in [-0.2, -0.15) is 0 Å². The van der Waals surface area contributed by atoms with Gasteiger partial charge in [0.15, 0.2) is 0 Å². The summed E-state index contributed by atoms with van der Waals surface area (Å²) in [5.74, 6) is 0. The van der Waals surface area contributed by atoms with Gasteiger partial charge in [0.05, 0.1) is 6.61 Å². The largest absolute Gasteiger partial charge is 0.395 e. The maximum absolute atomic E-state index is 8.44. The average molecular weight is 153 g/mol. The van der Waals surface area contributed by atoms with Crippen LogP contribution < -0.4 is 0 Å². The summed E-state index contributed by atoms with van der Waals surface area (Å²) in [4.78, 5) is 2.11. The second-order valence-electron chi connectivity index (χ2n) is 1.48. The van der Waals surface area contributed by atoms with Gasteiger partial charge in [-0.05, 0) is 0 Å². The Labute approximate surface area is 55.0 Å². The lowest BCUT2D eigenvalue weighted by Gasteiger charge is -2.14. The molecule has 50 valence electrons. The van der Waals surface area contributed by atoms with Gasteiger partial charge >= 0.3 is 0 Å². The Hall–Kier alpha value is 0.780. The molecule has 0 radical (unpaired) electrons. The van der Waals surface area contributed by atoms with E-state index in [1.54, 1.807) is 0 Å². The Morgan fingerprint density at radius 3 is 1.88 bits per heavy atom. The van der Waals surface area contributed by atoms with Gasteiger partial charge in [-0.25, -0.2) is 0 Å². The summed E-state index contributed by atoms with van der Waals surface area (Å²) in [5.41, 5.74) is 0. The van der Waals surface area contributed by atoms with E-state index in [1.807, 2.05) is 0 Å². The van der Waals surface area contributed by atoms with Crippen LogP contribution in [0.25, 0.3) is 0 Å². The summed E-state index contributed by atoms with van der Waals surface area (Å²) in [6, 6.07) is 0. The van der Waals surface area contributed by atoms with Crippen molar-refractivity contribution in [2.75, 3.05) is 25.7 Å². The van der Waals surface area contributed by atoms with Crippen LogP contribution in [0.5, 0.6) is 0 Å². The fourth-order valence-electron chi connectivity index (χ4n) is 0.399. The van der Waals surface area contributed by atoms with Gasteiger partial charge in [0.1, 0.15) is 0 Å². The third-order valence-corrected chi connectivity index (χ3v) is 1.97. The highest BCUT2D eigenvalue weighted by Crippen LogP contribution is 1.95. The Balaban J connectivity index is 3.07. The van der Waals surface area contributed by atoms with Crippen LogP contribution in [0.1, 0.15) is 0 Å². The van der Waals surface area contributed by atoms with Crippen molar-refractivity contribution < 1.29 is 5.11 Å². The van der Waals surface area contributed by atoms with E-state index in [2.05, 4.69) is 23.4 Å². The van der Waals surface area contributed by atoms with E-state index < -0.39 is 0 Å². The first-order valence-electron chi connectivity index (χ1n) is 2.58. The average Bonchev–Trinajstić information content (AvgIpc) is 1.83. The third kappa shape index (κ3) is 3.74. The van der Waals surface area contributed by atoms with Gasteiger partial charge < -0.3 is 5.11 Å². The molecule has 0 aliphatic heterocycles. The fraction of sp³-hybridized carbons (Fsp3) is 1.00. The van der Waals surface area contributed by atoms with E-state index in [0.717, 1.165) is 19.1 Å². The van der Waals surface area contributed by atoms with Gasteiger partial charge in [0.2, 0.25) is 0 Å². The van der Waals surface area contributed by atoms with Gasteiger partial charge in [-0.3, -0.25) is 4.90 Å². The minimum atomic E-state index is 0.253. The molecule has 0 rings (SSSR count). The molecule has 0 aromatic rings. The van der Waals surface area contributed by atoms with Crippen LogP contribution in [0.3, 0.4) is 0 Å². The molecule has 2 nitrogen and oxygen atoms in total. The first kappa shape index (κ1) is 8.78. The lowest BCUT2D eigenvalue weighted by atomic mass is 10.6. The van der Waals surface area contributed by atoms with Gasteiger partial charge in [0.25, 0.3) is 0 Å². The topological polar surface area (TPSA) is 23.5 Å². The van der Waals surface area contributed by atoms with Crippen LogP contribution in [0.4, 0.5) is 0 Å². The molecule has 2 atom stereocenters. The molecular formula is C4H13NOP2. The Kier molecular flexibility index (Phi) is 6.48. The maximum atomic E-state index is 8.44. The minimum absolute atomic E-state index is 0.253. The Morgan fingerprint density at radius 2 is 1.75 bits per heavy atom. The highest BCUT2D eigenvalue weighted by atomic mass is 31.0. The van der Waals surface area contributed by atoms with Crippen molar-refractivity contribution >= 4 is 18.5 Å². The standard InChI is InChI=1S/C4H13NOP2/c6-2-1-5(3-7)4-8/h6H,1-4,7-8H2. The number of aliphatic hydroxyl groups excluding tert-OH is 1. The van der Waals surface area contributed by atoms with Gasteiger partial charge in [0, 0.05) is 19.1 Å². The van der Waals surface area contributed by atoms with E-state index >= 15 is 0 Å². The molecule has 0 spiro atoms. The first-order valence-corrected chi connectivity index (χ1v) is 4.21. The molecule has 0 aliphatic rings. The molecule has 4 heteroatoms. The Bertz CT molecular complexity index is 49.3. The van der Waals surface area contributed by atoms with E-state index in [1.165, 1.54) is 0 Å².